The molecule has 1 heterocycles. The Hall–Kier alpha value is -0.200. The predicted octanol–water partition coefficient (Wildman–Crippen LogP) is 1.83. The van der Waals surface area contributed by atoms with Crippen LogP contribution in [0.15, 0.2) is 0 Å². The van der Waals surface area contributed by atoms with Gasteiger partial charge in [-0.05, 0) is 32.6 Å². The van der Waals surface area contributed by atoms with Crippen molar-refractivity contribution in [3.8, 4) is 0 Å². The molecule has 0 spiro atoms. The summed E-state index contributed by atoms with van der Waals surface area (Å²) in [5, 5.41) is 29.5. The van der Waals surface area contributed by atoms with Gasteiger partial charge in [0, 0.05) is 0 Å². The Kier molecular flexibility index (Phi) is 7.07. The molecule has 1 saturated heterocycles. The minimum atomic E-state index is -1.12. The number of ether oxygens (including phenoxy) is 2. The molecule has 1 aliphatic rings. The molecule has 0 aromatic carbocycles. The van der Waals surface area contributed by atoms with Crippen LogP contribution in [0.4, 0.5) is 0 Å². The third-order valence-corrected chi connectivity index (χ3v) is 4.37. The van der Waals surface area contributed by atoms with E-state index < -0.39 is 36.3 Å². The molecule has 5 nitrogen and oxygen atoms in total. The van der Waals surface area contributed by atoms with Crippen LogP contribution in [0, 0.1) is 5.92 Å². The topological polar surface area (TPSA) is 79.2 Å². The van der Waals surface area contributed by atoms with Crippen molar-refractivity contribution >= 4 is 0 Å². The first-order valence-corrected chi connectivity index (χ1v) is 8.07. The lowest BCUT2D eigenvalue weighted by molar-refractivity contribution is -0.231. The lowest BCUT2D eigenvalue weighted by Gasteiger charge is -2.33. The van der Waals surface area contributed by atoms with Crippen molar-refractivity contribution in [1.29, 1.82) is 0 Å². The Morgan fingerprint density at radius 2 is 1.81 bits per heavy atom. The van der Waals surface area contributed by atoms with Crippen LogP contribution in [0.5, 0.6) is 0 Å². The van der Waals surface area contributed by atoms with E-state index in [9.17, 15) is 15.3 Å². The molecule has 1 aliphatic heterocycles. The maximum Gasteiger partial charge on any atom is 0.187 e. The van der Waals surface area contributed by atoms with Gasteiger partial charge in [0.2, 0.25) is 0 Å². The standard InChI is InChI=1S/C16H32O5/c1-6-16(5,9-7-8-10(2)3)21-15-13(19)12(18)14(20-15)11(4)17/h10-15,17-19H,6-9H2,1-5H3/t11-,12-,13-,14+,15+,16-/m0/s1. The van der Waals surface area contributed by atoms with Crippen LogP contribution in [0.25, 0.3) is 0 Å². The molecule has 0 bridgehead atoms. The average Bonchev–Trinajstić information content (AvgIpc) is 2.66. The minimum absolute atomic E-state index is 0.395. The number of aliphatic hydroxyl groups excluding tert-OH is 3. The SMILES string of the molecule is CC[C@@](C)(CCCC(C)C)O[C@H]1O[C@H]([C@H](C)O)[C@@H](O)[C@@H]1O. The summed E-state index contributed by atoms with van der Waals surface area (Å²) in [5.41, 5.74) is -0.395. The van der Waals surface area contributed by atoms with Crippen molar-refractivity contribution in [1.82, 2.24) is 0 Å². The molecular weight excluding hydrogens is 272 g/mol. The molecule has 21 heavy (non-hydrogen) atoms. The second-order valence-electron chi connectivity index (χ2n) is 6.90. The molecule has 0 aromatic heterocycles. The average molecular weight is 304 g/mol. The van der Waals surface area contributed by atoms with Crippen molar-refractivity contribution in [3.63, 3.8) is 0 Å². The molecule has 0 amide bonds. The molecule has 3 N–H and O–H groups in total. The largest absolute Gasteiger partial charge is 0.391 e. The molecule has 0 radical (unpaired) electrons. The molecule has 0 saturated carbocycles. The molecule has 0 aromatic rings. The van der Waals surface area contributed by atoms with Gasteiger partial charge in [-0.3, -0.25) is 0 Å². The quantitative estimate of drug-likeness (QED) is 0.637. The number of rotatable bonds is 8. The van der Waals surface area contributed by atoms with Gasteiger partial charge in [-0.25, -0.2) is 0 Å². The Morgan fingerprint density at radius 1 is 1.19 bits per heavy atom. The van der Waals surface area contributed by atoms with Crippen LogP contribution in [0.3, 0.4) is 0 Å². The second kappa shape index (κ2) is 7.88. The maximum absolute atomic E-state index is 10.0. The van der Waals surface area contributed by atoms with Gasteiger partial charge in [0.1, 0.15) is 18.3 Å². The highest BCUT2D eigenvalue weighted by Crippen LogP contribution is 2.32. The van der Waals surface area contributed by atoms with Gasteiger partial charge in [-0.2, -0.15) is 0 Å². The number of hydrogen-bond acceptors (Lipinski definition) is 5. The first kappa shape index (κ1) is 18.8. The highest BCUT2D eigenvalue weighted by atomic mass is 16.7. The van der Waals surface area contributed by atoms with Crippen LogP contribution >= 0.6 is 0 Å². The summed E-state index contributed by atoms with van der Waals surface area (Å²) < 4.78 is 11.4. The van der Waals surface area contributed by atoms with E-state index in [0.29, 0.717) is 5.92 Å². The van der Waals surface area contributed by atoms with Gasteiger partial charge in [-0.15, -0.1) is 0 Å². The second-order valence-corrected chi connectivity index (χ2v) is 6.90. The fourth-order valence-corrected chi connectivity index (χ4v) is 2.65. The summed E-state index contributed by atoms with van der Waals surface area (Å²) in [6, 6.07) is 0. The normalized spacial score (nSPS) is 34.1. The van der Waals surface area contributed by atoms with E-state index >= 15 is 0 Å². The molecule has 1 rings (SSSR count). The maximum atomic E-state index is 10.0. The fourth-order valence-electron chi connectivity index (χ4n) is 2.65. The molecule has 0 unspecified atom stereocenters. The van der Waals surface area contributed by atoms with Gasteiger partial charge >= 0.3 is 0 Å². The van der Waals surface area contributed by atoms with Gasteiger partial charge < -0.3 is 24.8 Å². The lowest BCUT2D eigenvalue weighted by Crippen LogP contribution is -2.40. The fraction of sp³-hybridized carbons (Fsp3) is 1.00. The summed E-state index contributed by atoms with van der Waals surface area (Å²) in [5.74, 6) is 0.654. The van der Waals surface area contributed by atoms with Gasteiger partial charge in [0.05, 0.1) is 11.7 Å². The van der Waals surface area contributed by atoms with E-state index in [1.807, 2.05) is 13.8 Å². The van der Waals surface area contributed by atoms with E-state index in [4.69, 9.17) is 9.47 Å². The first-order valence-electron chi connectivity index (χ1n) is 8.07. The van der Waals surface area contributed by atoms with Crippen LogP contribution in [-0.2, 0) is 9.47 Å². The predicted molar refractivity (Wildman–Crippen MR) is 80.8 cm³/mol. The summed E-state index contributed by atoms with van der Waals surface area (Å²) >= 11 is 0. The monoisotopic (exact) mass is 304 g/mol. The molecule has 1 fully saturated rings. The Labute approximate surface area is 128 Å². The zero-order valence-electron chi connectivity index (χ0n) is 14.0. The zero-order chi connectivity index (χ0) is 16.2. The molecule has 126 valence electrons. The summed E-state index contributed by atoms with van der Waals surface area (Å²) in [6.07, 6.45) is -0.925. The number of aliphatic hydroxyl groups is 3. The van der Waals surface area contributed by atoms with E-state index in [0.717, 1.165) is 25.7 Å². The third kappa shape index (κ3) is 5.18. The van der Waals surface area contributed by atoms with E-state index in [2.05, 4.69) is 13.8 Å². The summed E-state index contributed by atoms with van der Waals surface area (Å²) in [6.45, 7) is 9.96. The molecule has 5 heteroatoms. The van der Waals surface area contributed by atoms with Crippen molar-refractivity contribution in [2.24, 2.45) is 5.92 Å². The summed E-state index contributed by atoms with van der Waals surface area (Å²) in [4.78, 5) is 0. The Balaban J connectivity index is 2.60. The third-order valence-electron chi connectivity index (χ3n) is 4.37. The summed E-state index contributed by atoms with van der Waals surface area (Å²) in [7, 11) is 0. The van der Waals surface area contributed by atoms with Crippen molar-refractivity contribution < 1.29 is 24.8 Å². The van der Waals surface area contributed by atoms with Crippen LogP contribution < -0.4 is 0 Å². The van der Waals surface area contributed by atoms with E-state index in [1.165, 1.54) is 6.92 Å². The molecule has 0 aliphatic carbocycles. The Morgan fingerprint density at radius 3 is 2.24 bits per heavy atom. The zero-order valence-corrected chi connectivity index (χ0v) is 14.0. The van der Waals surface area contributed by atoms with Crippen LogP contribution in [0.1, 0.15) is 60.3 Å². The van der Waals surface area contributed by atoms with Gasteiger partial charge in [0.15, 0.2) is 6.29 Å². The first-order chi connectivity index (χ1) is 9.70. The Bertz CT molecular complexity index is 307. The van der Waals surface area contributed by atoms with Crippen molar-refractivity contribution in [2.75, 3.05) is 0 Å². The smallest absolute Gasteiger partial charge is 0.187 e. The van der Waals surface area contributed by atoms with Crippen LogP contribution in [-0.4, -0.2) is 51.6 Å². The highest BCUT2D eigenvalue weighted by molar-refractivity contribution is 4.91. The minimum Gasteiger partial charge on any atom is -0.391 e. The van der Waals surface area contributed by atoms with E-state index in [1.54, 1.807) is 0 Å². The van der Waals surface area contributed by atoms with Crippen LogP contribution in [0.2, 0.25) is 0 Å². The van der Waals surface area contributed by atoms with E-state index in [-0.39, 0.29) is 0 Å². The number of hydrogen-bond donors (Lipinski definition) is 3. The molecular formula is C16H32O5. The van der Waals surface area contributed by atoms with Crippen molar-refractivity contribution in [3.05, 3.63) is 0 Å². The molecule has 6 atom stereocenters. The van der Waals surface area contributed by atoms with Crippen molar-refractivity contribution in [2.45, 2.75) is 96.6 Å². The lowest BCUT2D eigenvalue weighted by atomic mass is 9.93. The highest BCUT2D eigenvalue weighted by Gasteiger charge is 2.47. The van der Waals surface area contributed by atoms with Gasteiger partial charge in [-0.1, -0.05) is 33.6 Å². The van der Waals surface area contributed by atoms with Gasteiger partial charge in [0.25, 0.3) is 0 Å².